The molecule has 2 heterocycles. The standard InChI is InChI=1S/C21H20N2O3S/c1-21(2,3)15-7-4-13(5-8-15)19(24)23-20-22-16(11-27-20)14-6-9-17-18(10-14)26-12-25-17/h4-11H,12H2,1-3H3,(H,22,23,24). The first kappa shape index (κ1) is 17.5. The second-order valence-corrected chi connectivity index (χ2v) is 8.25. The molecule has 1 aliphatic heterocycles. The summed E-state index contributed by atoms with van der Waals surface area (Å²) in [5.41, 5.74) is 3.58. The van der Waals surface area contributed by atoms with Crippen LogP contribution in [0, 0.1) is 0 Å². The average Bonchev–Trinajstić information content (AvgIpc) is 3.29. The summed E-state index contributed by atoms with van der Waals surface area (Å²) in [4.78, 5) is 17.0. The van der Waals surface area contributed by atoms with E-state index >= 15 is 0 Å². The molecule has 0 atom stereocenters. The Morgan fingerprint density at radius 2 is 1.81 bits per heavy atom. The van der Waals surface area contributed by atoms with E-state index in [0.29, 0.717) is 16.4 Å². The predicted molar refractivity (Wildman–Crippen MR) is 107 cm³/mol. The van der Waals surface area contributed by atoms with E-state index in [0.717, 1.165) is 17.0 Å². The summed E-state index contributed by atoms with van der Waals surface area (Å²) in [7, 11) is 0. The van der Waals surface area contributed by atoms with Crippen LogP contribution in [0.2, 0.25) is 0 Å². The van der Waals surface area contributed by atoms with Gasteiger partial charge in [-0.05, 0) is 41.3 Å². The van der Waals surface area contributed by atoms with E-state index in [2.05, 4.69) is 31.1 Å². The van der Waals surface area contributed by atoms with Gasteiger partial charge in [0.2, 0.25) is 6.79 Å². The van der Waals surface area contributed by atoms with Crippen LogP contribution in [0.4, 0.5) is 5.13 Å². The Morgan fingerprint density at radius 1 is 1.07 bits per heavy atom. The molecule has 0 saturated carbocycles. The van der Waals surface area contributed by atoms with Crippen molar-refractivity contribution < 1.29 is 14.3 Å². The maximum Gasteiger partial charge on any atom is 0.257 e. The van der Waals surface area contributed by atoms with E-state index in [1.54, 1.807) is 0 Å². The minimum Gasteiger partial charge on any atom is -0.454 e. The zero-order valence-electron chi connectivity index (χ0n) is 15.4. The number of fused-ring (bicyclic) bond motifs is 1. The number of rotatable bonds is 3. The molecule has 0 aliphatic carbocycles. The number of nitrogens with zero attached hydrogens (tertiary/aromatic N) is 1. The second-order valence-electron chi connectivity index (χ2n) is 7.39. The van der Waals surface area contributed by atoms with Crippen LogP contribution in [-0.2, 0) is 5.41 Å². The summed E-state index contributed by atoms with van der Waals surface area (Å²) >= 11 is 1.39. The van der Waals surface area contributed by atoms with Crippen molar-refractivity contribution in [3.8, 4) is 22.8 Å². The van der Waals surface area contributed by atoms with Gasteiger partial charge in [-0.15, -0.1) is 11.3 Å². The molecule has 3 aromatic rings. The molecule has 0 bridgehead atoms. The number of hydrogen-bond acceptors (Lipinski definition) is 5. The van der Waals surface area contributed by atoms with Crippen molar-refractivity contribution in [2.45, 2.75) is 26.2 Å². The fourth-order valence-electron chi connectivity index (χ4n) is 2.81. The molecule has 138 valence electrons. The average molecular weight is 380 g/mol. The largest absolute Gasteiger partial charge is 0.454 e. The van der Waals surface area contributed by atoms with Crippen LogP contribution >= 0.6 is 11.3 Å². The van der Waals surface area contributed by atoms with Gasteiger partial charge >= 0.3 is 0 Å². The van der Waals surface area contributed by atoms with Crippen molar-refractivity contribution in [2.24, 2.45) is 0 Å². The van der Waals surface area contributed by atoms with Gasteiger partial charge in [-0.25, -0.2) is 4.98 Å². The Balaban J connectivity index is 1.48. The van der Waals surface area contributed by atoms with Gasteiger partial charge in [-0.1, -0.05) is 32.9 Å². The lowest BCUT2D eigenvalue weighted by atomic mass is 9.87. The van der Waals surface area contributed by atoms with Crippen LogP contribution in [0.3, 0.4) is 0 Å². The van der Waals surface area contributed by atoms with E-state index in [1.165, 1.54) is 16.9 Å². The lowest BCUT2D eigenvalue weighted by molar-refractivity contribution is 0.102. The first-order valence-corrected chi connectivity index (χ1v) is 9.55. The van der Waals surface area contributed by atoms with Gasteiger partial charge in [0.15, 0.2) is 16.6 Å². The zero-order chi connectivity index (χ0) is 19.0. The lowest BCUT2D eigenvalue weighted by Gasteiger charge is -2.18. The molecule has 0 unspecified atom stereocenters. The van der Waals surface area contributed by atoms with Gasteiger partial charge in [0.05, 0.1) is 5.69 Å². The second kappa shape index (κ2) is 6.70. The van der Waals surface area contributed by atoms with Crippen molar-refractivity contribution >= 4 is 22.4 Å². The summed E-state index contributed by atoms with van der Waals surface area (Å²) in [6.45, 7) is 6.69. The molecule has 1 N–H and O–H groups in total. The third-order valence-electron chi connectivity index (χ3n) is 4.41. The number of thiazole rings is 1. The van der Waals surface area contributed by atoms with Crippen LogP contribution in [0.15, 0.2) is 47.8 Å². The van der Waals surface area contributed by atoms with Crippen LogP contribution in [-0.4, -0.2) is 17.7 Å². The topological polar surface area (TPSA) is 60.5 Å². The first-order valence-electron chi connectivity index (χ1n) is 8.67. The fraction of sp³-hybridized carbons (Fsp3) is 0.238. The maximum atomic E-state index is 12.5. The summed E-state index contributed by atoms with van der Waals surface area (Å²) in [6, 6.07) is 13.4. The monoisotopic (exact) mass is 380 g/mol. The number of amides is 1. The van der Waals surface area contributed by atoms with Gasteiger partial charge < -0.3 is 9.47 Å². The van der Waals surface area contributed by atoms with Crippen molar-refractivity contribution in [2.75, 3.05) is 12.1 Å². The number of ether oxygens (including phenoxy) is 2. The van der Waals surface area contributed by atoms with Crippen LogP contribution in [0.25, 0.3) is 11.3 Å². The molecule has 6 heteroatoms. The SMILES string of the molecule is CC(C)(C)c1ccc(C(=O)Nc2nc(-c3ccc4c(c3)OCO4)cs2)cc1. The van der Waals surface area contributed by atoms with Crippen molar-refractivity contribution in [3.05, 3.63) is 59.0 Å². The molecule has 5 nitrogen and oxygen atoms in total. The Labute approximate surface area is 162 Å². The first-order chi connectivity index (χ1) is 12.9. The number of aromatic nitrogens is 1. The Bertz CT molecular complexity index is 987. The highest BCUT2D eigenvalue weighted by atomic mass is 32.1. The highest BCUT2D eigenvalue weighted by molar-refractivity contribution is 7.14. The lowest BCUT2D eigenvalue weighted by Crippen LogP contribution is -2.14. The molecule has 1 aromatic heterocycles. The number of benzene rings is 2. The molecule has 2 aromatic carbocycles. The van der Waals surface area contributed by atoms with Gasteiger partial charge in [0.25, 0.3) is 5.91 Å². The van der Waals surface area contributed by atoms with E-state index in [9.17, 15) is 4.79 Å². The maximum absolute atomic E-state index is 12.5. The van der Waals surface area contributed by atoms with Crippen molar-refractivity contribution in [1.82, 2.24) is 4.98 Å². The van der Waals surface area contributed by atoms with Crippen LogP contribution in [0.5, 0.6) is 11.5 Å². The summed E-state index contributed by atoms with van der Waals surface area (Å²) in [5.74, 6) is 1.29. The molecule has 0 saturated heterocycles. The molecular formula is C21H20N2O3S. The van der Waals surface area contributed by atoms with Gasteiger partial charge in [-0.2, -0.15) is 0 Å². The highest BCUT2D eigenvalue weighted by Crippen LogP contribution is 2.36. The number of carbonyl (C=O) groups excluding carboxylic acids is 1. The summed E-state index contributed by atoms with van der Waals surface area (Å²) < 4.78 is 10.7. The molecule has 27 heavy (non-hydrogen) atoms. The number of anilines is 1. The van der Waals surface area contributed by atoms with Crippen molar-refractivity contribution in [3.63, 3.8) is 0 Å². The smallest absolute Gasteiger partial charge is 0.257 e. The van der Waals surface area contributed by atoms with Crippen LogP contribution < -0.4 is 14.8 Å². The fourth-order valence-corrected chi connectivity index (χ4v) is 3.53. The molecule has 1 amide bonds. The van der Waals surface area contributed by atoms with E-state index < -0.39 is 0 Å². The molecular weight excluding hydrogens is 360 g/mol. The van der Waals surface area contributed by atoms with Gasteiger partial charge in [-0.3, -0.25) is 10.1 Å². The zero-order valence-corrected chi connectivity index (χ0v) is 16.2. The minimum absolute atomic E-state index is 0.0594. The third kappa shape index (κ3) is 3.66. The number of nitrogens with one attached hydrogen (secondary N) is 1. The number of hydrogen-bond donors (Lipinski definition) is 1. The quantitative estimate of drug-likeness (QED) is 0.688. The number of carbonyl (C=O) groups is 1. The molecule has 0 spiro atoms. The van der Waals surface area contributed by atoms with Crippen LogP contribution in [0.1, 0.15) is 36.7 Å². The van der Waals surface area contributed by atoms with Gasteiger partial charge in [0, 0.05) is 16.5 Å². The summed E-state index contributed by atoms with van der Waals surface area (Å²) in [5, 5.41) is 5.35. The Kier molecular flexibility index (Phi) is 4.36. The minimum atomic E-state index is -0.165. The molecule has 4 rings (SSSR count). The predicted octanol–water partition coefficient (Wildman–Crippen LogP) is 5.09. The van der Waals surface area contributed by atoms with E-state index in [1.807, 2.05) is 47.8 Å². The van der Waals surface area contributed by atoms with E-state index in [4.69, 9.17) is 9.47 Å². The summed E-state index contributed by atoms with van der Waals surface area (Å²) in [6.07, 6.45) is 0. The molecule has 0 radical (unpaired) electrons. The van der Waals surface area contributed by atoms with E-state index in [-0.39, 0.29) is 18.1 Å². The third-order valence-corrected chi connectivity index (χ3v) is 5.16. The van der Waals surface area contributed by atoms with Crippen molar-refractivity contribution in [1.29, 1.82) is 0 Å². The Hall–Kier alpha value is -2.86. The molecule has 1 aliphatic rings. The normalized spacial score (nSPS) is 12.9. The Morgan fingerprint density at radius 3 is 2.56 bits per heavy atom. The highest BCUT2D eigenvalue weighted by Gasteiger charge is 2.17. The molecule has 0 fully saturated rings. The van der Waals surface area contributed by atoms with Gasteiger partial charge in [0.1, 0.15) is 0 Å².